The van der Waals surface area contributed by atoms with Crippen LogP contribution in [0.5, 0.6) is 0 Å². The zero-order chi connectivity index (χ0) is 56.9. The van der Waals surface area contributed by atoms with E-state index in [1.807, 2.05) is 6.08 Å². The molecule has 0 fully saturated rings. The van der Waals surface area contributed by atoms with E-state index in [1.165, 1.54) is 244 Å². The van der Waals surface area contributed by atoms with Gasteiger partial charge in [0.1, 0.15) is 0 Å². The van der Waals surface area contributed by atoms with Gasteiger partial charge in [-0.1, -0.05) is 361 Å². The lowest BCUT2D eigenvalue weighted by molar-refractivity contribution is -0.123. The molecule has 4 nitrogen and oxygen atoms in total. The number of carbonyl (C=O) groups is 1. The lowest BCUT2D eigenvalue weighted by atomic mass is 10.0. The highest BCUT2D eigenvalue weighted by atomic mass is 16.3. The van der Waals surface area contributed by atoms with E-state index in [0.29, 0.717) is 6.42 Å². The Hall–Kier alpha value is -2.95. The lowest BCUT2D eigenvalue weighted by Gasteiger charge is -2.20. The molecule has 3 N–H and O–H groups in total. The maximum absolute atomic E-state index is 12.5. The minimum Gasteiger partial charge on any atom is -0.394 e. The van der Waals surface area contributed by atoms with Gasteiger partial charge in [-0.3, -0.25) is 4.79 Å². The standard InChI is InChI=1S/C75H133NO3/c1-3-5-7-9-11-13-15-17-19-21-23-25-27-29-31-33-35-37-38-39-41-43-45-47-49-51-53-55-57-59-61-63-65-67-69-71-75(79)76-73(72-77)74(78)70-68-66-64-62-60-58-56-54-52-50-48-46-44-42-40-36-34-32-30-28-26-24-22-20-18-16-14-12-10-8-6-4-2/h5,7,11,13,17,19,23,25,29,31,35,37,39,41,45,47,68,70,73-74,77-78H,3-4,6,8-10,12,14-16,18,20-22,24,26-28,30,32-34,36,38,40,42-44,46,48-67,69,71-72H2,1-2H3,(H,76,79)/b7-5-,13-11-,19-17-,25-23-,31-29-,37-35-,41-39-,47-45-,70-68+. The van der Waals surface area contributed by atoms with E-state index in [9.17, 15) is 15.0 Å². The predicted molar refractivity (Wildman–Crippen MR) is 354 cm³/mol. The minimum atomic E-state index is -0.850. The summed E-state index contributed by atoms with van der Waals surface area (Å²) in [5.41, 5.74) is 0. The zero-order valence-electron chi connectivity index (χ0n) is 52.6. The maximum Gasteiger partial charge on any atom is 0.220 e. The molecule has 1 amide bonds. The normalized spacial score (nSPS) is 13.4. The fourth-order valence-electron chi connectivity index (χ4n) is 10.3. The molecule has 0 aromatic carbocycles. The van der Waals surface area contributed by atoms with Crippen LogP contribution in [0.3, 0.4) is 0 Å². The Morgan fingerprint density at radius 3 is 0.835 bits per heavy atom. The first-order valence-corrected chi connectivity index (χ1v) is 34.6. The first-order chi connectivity index (χ1) is 39.2. The lowest BCUT2D eigenvalue weighted by Crippen LogP contribution is -2.45. The quantitative estimate of drug-likeness (QED) is 0.0420. The van der Waals surface area contributed by atoms with Crippen LogP contribution in [0.1, 0.15) is 341 Å². The maximum atomic E-state index is 12.5. The summed E-state index contributed by atoms with van der Waals surface area (Å²) in [6.07, 6.45) is 104. The molecule has 0 aliphatic carbocycles. The van der Waals surface area contributed by atoms with Crippen LogP contribution in [0.4, 0.5) is 0 Å². The molecule has 79 heavy (non-hydrogen) atoms. The van der Waals surface area contributed by atoms with E-state index >= 15 is 0 Å². The molecular formula is C75H133NO3. The number of hydrogen-bond acceptors (Lipinski definition) is 3. The Labute approximate surface area is 493 Å². The number of rotatable bonds is 63. The first kappa shape index (κ1) is 76.0. The van der Waals surface area contributed by atoms with E-state index in [0.717, 1.165) is 77.0 Å². The number of aliphatic hydroxyl groups excluding tert-OH is 2. The first-order valence-electron chi connectivity index (χ1n) is 34.6. The van der Waals surface area contributed by atoms with Crippen molar-refractivity contribution in [2.75, 3.05) is 6.61 Å². The summed E-state index contributed by atoms with van der Waals surface area (Å²) < 4.78 is 0. The fourth-order valence-corrected chi connectivity index (χ4v) is 10.3. The third-order valence-corrected chi connectivity index (χ3v) is 15.5. The Balaban J connectivity index is 3.52. The number of carbonyl (C=O) groups excluding carboxylic acids is 1. The second-order valence-corrected chi connectivity index (χ2v) is 23.2. The largest absolute Gasteiger partial charge is 0.394 e. The molecule has 2 atom stereocenters. The van der Waals surface area contributed by atoms with E-state index in [4.69, 9.17) is 0 Å². The van der Waals surface area contributed by atoms with Gasteiger partial charge >= 0.3 is 0 Å². The molecule has 2 unspecified atom stereocenters. The Morgan fingerprint density at radius 2 is 0.557 bits per heavy atom. The molecule has 0 saturated carbocycles. The summed E-state index contributed by atoms with van der Waals surface area (Å²) in [5.74, 6) is -0.0688. The van der Waals surface area contributed by atoms with Gasteiger partial charge in [-0.2, -0.15) is 0 Å². The number of allylic oxidation sites excluding steroid dienone is 17. The van der Waals surface area contributed by atoms with Gasteiger partial charge in [0, 0.05) is 6.42 Å². The van der Waals surface area contributed by atoms with Crippen LogP contribution in [0.25, 0.3) is 0 Å². The van der Waals surface area contributed by atoms with Gasteiger partial charge in [-0.25, -0.2) is 0 Å². The van der Waals surface area contributed by atoms with Gasteiger partial charge in [0.15, 0.2) is 0 Å². The van der Waals surface area contributed by atoms with Crippen LogP contribution >= 0.6 is 0 Å². The molecule has 0 rings (SSSR count). The van der Waals surface area contributed by atoms with Crippen molar-refractivity contribution in [3.05, 3.63) is 109 Å². The summed E-state index contributed by atoms with van der Waals surface area (Å²) in [5, 5.41) is 23.3. The molecule has 0 aromatic heterocycles. The highest BCUT2D eigenvalue weighted by molar-refractivity contribution is 5.76. The number of nitrogens with one attached hydrogen (secondary N) is 1. The molecule has 0 spiro atoms. The SMILES string of the molecule is CC/C=C\C/C=C\C/C=C\C/C=C\C/C=C\C/C=C\C/C=C\C/C=C\CCCCCCCCCCCCC(=O)NC(CO)C(O)/C=C/CCCCCCCCCCCCCCCCCCCCCCCCCCCCCCCC. The Kier molecular flexibility index (Phi) is 66.7. The van der Waals surface area contributed by atoms with Gasteiger partial charge in [-0.05, 0) is 83.5 Å². The predicted octanol–water partition coefficient (Wildman–Crippen LogP) is 23.8. The van der Waals surface area contributed by atoms with Gasteiger partial charge in [-0.15, -0.1) is 0 Å². The summed E-state index contributed by atoms with van der Waals surface area (Å²) in [7, 11) is 0. The van der Waals surface area contributed by atoms with Crippen molar-refractivity contribution in [1.82, 2.24) is 5.32 Å². The molecule has 0 aromatic rings. The van der Waals surface area contributed by atoms with Crippen LogP contribution in [-0.2, 0) is 4.79 Å². The summed E-state index contributed by atoms with van der Waals surface area (Å²) >= 11 is 0. The van der Waals surface area contributed by atoms with Gasteiger partial charge < -0.3 is 15.5 Å². The monoisotopic (exact) mass is 1100 g/mol. The van der Waals surface area contributed by atoms with Crippen molar-refractivity contribution >= 4 is 5.91 Å². The van der Waals surface area contributed by atoms with E-state index in [2.05, 4.69) is 116 Å². The van der Waals surface area contributed by atoms with Crippen molar-refractivity contribution in [3.63, 3.8) is 0 Å². The van der Waals surface area contributed by atoms with Crippen LogP contribution < -0.4 is 5.32 Å². The van der Waals surface area contributed by atoms with Crippen molar-refractivity contribution in [1.29, 1.82) is 0 Å². The molecule has 456 valence electrons. The second-order valence-electron chi connectivity index (χ2n) is 23.2. The molecule has 0 saturated heterocycles. The average molecular weight is 1100 g/mol. The number of aliphatic hydroxyl groups is 2. The van der Waals surface area contributed by atoms with Crippen LogP contribution in [0.15, 0.2) is 109 Å². The number of amides is 1. The van der Waals surface area contributed by atoms with Crippen molar-refractivity contribution in [3.8, 4) is 0 Å². The smallest absolute Gasteiger partial charge is 0.220 e. The molecule has 0 aliphatic heterocycles. The molecule has 4 heteroatoms. The number of hydrogen-bond donors (Lipinski definition) is 3. The molecule has 0 heterocycles. The minimum absolute atomic E-state index is 0.0688. The molecule has 0 radical (unpaired) electrons. The highest BCUT2D eigenvalue weighted by Crippen LogP contribution is 2.18. The van der Waals surface area contributed by atoms with Crippen LogP contribution in [0, 0.1) is 0 Å². The number of unbranched alkanes of at least 4 members (excludes halogenated alkanes) is 40. The van der Waals surface area contributed by atoms with E-state index in [1.54, 1.807) is 6.08 Å². The zero-order valence-corrected chi connectivity index (χ0v) is 52.6. The average Bonchev–Trinajstić information content (AvgIpc) is 3.45. The van der Waals surface area contributed by atoms with E-state index < -0.39 is 12.1 Å². The fraction of sp³-hybridized carbons (Fsp3) is 0.747. The van der Waals surface area contributed by atoms with E-state index in [-0.39, 0.29) is 12.5 Å². The van der Waals surface area contributed by atoms with Crippen molar-refractivity contribution in [2.45, 2.75) is 353 Å². The van der Waals surface area contributed by atoms with Crippen LogP contribution in [0.2, 0.25) is 0 Å². The molecule has 0 aliphatic rings. The van der Waals surface area contributed by atoms with Crippen molar-refractivity contribution < 1.29 is 15.0 Å². The molecular weight excluding hydrogens is 963 g/mol. The third kappa shape index (κ3) is 65.7. The van der Waals surface area contributed by atoms with Gasteiger partial charge in [0.25, 0.3) is 0 Å². The summed E-state index contributed by atoms with van der Waals surface area (Å²) in [4.78, 5) is 12.5. The Morgan fingerprint density at radius 1 is 0.316 bits per heavy atom. The second kappa shape index (κ2) is 69.3. The van der Waals surface area contributed by atoms with Gasteiger partial charge in [0.2, 0.25) is 5.91 Å². The molecule has 0 bridgehead atoms. The topological polar surface area (TPSA) is 69.6 Å². The third-order valence-electron chi connectivity index (χ3n) is 15.5. The Bertz CT molecular complexity index is 1480. The van der Waals surface area contributed by atoms with Crippen molar-refractivity contribution in [2.24, 2.45) is 0 Å². The summed E-state index contributed by atoms with van der Waals surface area (Å²) in [6.45, 7) is 4.22. The summed E-state index contributed by atoms with van der Waals surface area (Å²) in [6, 6.07) is -0.634. The van der Waals surface area contributed by atoms with Crippen LogP contribution in [-0.4, -0.2) is 34.9 Å². The van der Waals surface area contributed by atoms with Gasteiger partial charge in [0.05, 0.1) is 18.8 Å². The highest BCUT2D eigenvalue weighted by Gasteiger charge is 2.18.